The summed E-state index contributed by atoms with van der Waals surface area (Å²) >= 11 is 0. The molecule has 0 aliphatic carbocycles. The minimum atomic E-state index is -0.655. The van der Waals surface area contributed by atoms with Crippen molar-refractivity contribution < 1.29 is 19.5 Å². The minimum absolute atomic E-state index is 0.250. The van der Waals surface area contributed by atoms with Gasteiger partial charge in [-0.1, -0.05) is 84.0 Å². The second kappa shape index (κ2) is 21.2. The van der Waals surface area contributed by atoms with E-state index in [9.17, 15) is 4.79 Å². The van der Waals surface area contributed by atoms with E-state index in [0.29, 0.717) is 6.42 Å². The fourth-order valence-electron chi connectivity index (χ4n) is 2.29. The zero-order valence-corrected chi connectivity index (χ0v) is 13.6. The largest absolute Gasteiger partial charge is 0.481 e. The van der Waals surface area contributed by atoms with Crippen molar-refractivity contribution in [3.8, 4) is 0 Å². The van der Waals surface area contributed by atoms with Crippen LogP contribution in [0.25, 0.3) is 0 Å². The lowest BCUT2D eigenvalue weighted by molar-refractivity contribution is -0.191. The maximum atomic E-state index is 10.3. The highest BCUT2D eigenvalue weighted by molar-refractivity contribution is 5.66. The van der Waals surface area contributed by atoms with E-state index in [-0.39, 0.29) is 6.15 Å². The fourth-order valence-corrected chi connectivity index (χ4v) is 2.29. The second-order valence-electron chi connectivity index (χ2n) is 5.47. The molecule has 0 spiro atoms. The Balaban J connectivity index is 0. The van der Waals surface area contributed by atoms with Crippen LogP contribution in [0.2, 0.25) is 0 Å². The number of rotatable bonds is 14. The first kappa shape index (κ1) is 22.1. The Labute approximate surface area is 129 Å². The van der Waals surface area contributed by atoms with Crippen molar-refractivity contribution in [1.29, 1.82) is 0 Å². The van der Waals surface area contributed by atoms with Crippen LogP contribution in [0.15, 0.2) is 0 Å². The van der Waals surface area contributed by atoms with Gasteiger partial charge in [0.05, 0.1) is 0 Å². The van der Waals surface area contributed by atoms with Crippen LogP contribution in [0, 0.1) is 0 Å². The molecule has 4 heteroatoms. The van der Waals surface area contributed by atoms with Crippen molar-refractivity contribution in [3.63, 3.8) is 0 Å². The van der Waals surface area contributed by atoms with E-state index in [1.54, 1.807) is 0 Å². The highest BCUT2D eigenvalue weighted by atomic mass is 16.4. The van der Waals surface area contributed by atoms with Crippen LogP contribution >= 0.6 is 0 Å². The van der Waals surface area contributed by atoms with E-state index in [2.05, 4.69) is 6.92 Å². The molecule has 0 aromatic heterocycles. The zero-order chi connectivity index (χ0) is 16.2. The molecule has 0 aromatic rings. The van der Waals surface area contributed by atoms with Crippen LogP contribution in [0.5, 0.6) is 0 Å². The highest BCUT2D eigenvalue weighted by Crippen LogP contribution is 2.12. The normalized spacial score (nSPS) is 9.57. The number of unbranched alkanes of at least 4 members (excludes halogenated alkanes) is 12. The van der Waals surface area contributed by atoms with Crippen molar-refractivity contribution in [2.24, 2.45) is 0 Å². The second-order valence-corrected chi connectivity index (χ2v) is 5.47. The Kier molecular flexibility index (Phi) is 22.3. The molecule has 0 atom stereocenters. The van der Waals surface area contributed by atoms with E-state index >= 15 is 0 Å². The molecule has 0 heterocycles. The van der Waals surface area contributed by atoms with E-state index in [0.717, 1.165) is 12.8 Å². The molecule has 0 amide bonds. The molecule has 0 aliphatic heterocycles. The molecule has 0 bridgehead atoms. The average Bonchev–Trinajstić information content (AvgIpc) is 2.44. The molecule has 4 nitrogen and oxygen atoms in total. The number of carboxylic acids is 1. The van der Waals surface area contributed by atoms with Crippen LogP contribution in [0.1, 0.15) is 96.8 Å². The summed E-state index contributed by atoms with van der Waals surface area (Å²) in [6, 6.07) is 0. The topological polar surface area (TPSA) is 71.4 Å². The maximum Gasteiger partial charge on any atom is 0.373 e. The molecular formula is C17H32O4. The van der Waals surface area contributed by atoms with Crippen LogP contribution in [-0.2, 0) is 14.4 Å². The maximum absolute atomic E-state index is 10.3. The number of hydrogen-bond donors (Lipinski definition) is 1. The lowest BCUT2D eigenvalue weighted by Gasteiger charge is -2.02. The number of carbonyl (C=O) groups excluding carboxylic acids is 2. The van der Waals surface area contributed by atoms with Crippen molar-refractivity contribution in [3.05, 3.63) is 0 Å². The Morgan fingerprint density at radius 1 is 0.714 bits per heavy atom. The molecular weight excluding hydrogens is 268 g/mol. The van der Waals surface area contributed by atoms with E-state index < -0.39 is 5.97 Å². The fraction of sp³-hybridized carbons (Fsp3) is 0.882. The van der Waals surface area contributed by atoms with Crippen LogP contribution in [0.3, 0.4) is 0 Å². The van der Waals surface area contributed by atoms with E-state index in [4.69, 9.17) is 14.7 Å². The lowest BCUT2D eigenvalue weighted by Crippen LogP contribution is -1.93. The number of carboxylic acid groups (broad SMARTS) is 1. The Morgan fingerprint density at radius 3 is 1.29 bits per heavy atom. The van der Waals surface area contributed by atoms with E-state index in [1.165, 1.54) is 70.6 Å². The number of carbonyl (C=O) groups is 1. The predicted octanol–water partition coefficient (Wildman–Crippen LogP) is 4.97. The molecule has 0 unspecified atom stereocenters. The van der Waals surface area contributed by atoms with E-state index in [1.807, 2.05) is 0 Å². The SMILES string of the molecule is CCCCCCCCCCCCCCCC(=O)O.O=C=O. The molecule has 1 N–H and O–H groups in total. The molecule has 124 valence electrons. The summed E-state index contributed by atoms with van der Waals surface area (Å²) in [6.45, 7) is 2.26. The lowest BCUT2D eigenvalue weighted by atomic mass is 10.0. The van der Waals surface area contributed by atoms with Gasteiger partial charge in [-0.25, -0.2) is 0 Å². The third-order valence-corrected chi connectivity index (χ3v) is 3.49. The third kappa shape index (κ3) is 27.9. The molecule has 0 aromatic carbocycles. The third-order valence-electron chi connectivity index (χ3n) is 3.49. The van der Waals surface area contributed by atoms with Gasteiger partial charge in [0.1, 0.15) is 0 Å². The Morgan fingerprint density at radius 2 is 1.00 bits per heavy atom. The van der Waals surface area contributed by atoms with Crippen molar-refractivity contribution in [1.82, 2.24) is 0 Å². The summed E-state index contributed by atoms with van der Waals surface area (Å²) < 4.78 is 0. The van der Waals surface area contributed by atoms with Crippen LogP contribution in [0.4, 0.5) is 0 Å². The quantitative estimate of drug-likeness (QED) is 0.460. The summed E-state index contributed by atoms with van der Waals surface area (Å²) in [5.41, 5.74) is 0. The van der Waals surface area contributed by atoms with Gasteiger partial charge in [-0.2, -0.15) is 9.59 Å². The molecule has 0 saturated carbocycles. The van der Waals surface area contributed by atoms with Gasteiger partial charge in [-0.15, -0.1) is 0 Å². The molecule has 0 radical (unpaired) electrons. The molecule has 0 fully saturated rings. The first-order chi connectivity index (χ1) is 10.2. The van der Waals surface area contributed by atoms with Crippen molar-refractivity contribution in [2.45, 2.75) is 96.8 Å². The average molecular weight is 300 g/mol. The van der Waals surface area contributed by atoms with Crippen LogP contribution in [-0.4, -0.2) is 17.2 Å². The summed E-state index contributed by atoms with van der Waals surface area (Å²) in [4.78, 5) is 26.6. The minimum Gasteiger partial charge on any atom is -0.481 e. The van der Waals surface area contributed by atoms with Gasteiger partial charge in [-0.3, -0.25) is 4.79 Å². The first-order valence-electron chi connectivity index (χ1n) is 8.40. The van der Waals surface area contributed by atoms with Gasteiger partial charge < -0.3 is 5.11 Å². The summed E-state index contributed by atoms with van der Waals surface area (Å²) in [5.74, 6) is -0.655. The molecule has 0 saturated heterocycles. The molecule has 0 rings (SSSR count). The zero-order valence-electron chi connectivity index (χ0n) is 13.6. The first-order valence-corrected chi connectivity index (χ1v) is 8.40. The smallest absolute Gasteiger partial charge is 0.373 e. The monoisotopic (exact) mass is 300 g/mol. The standard InChI is InChI=1S/C16H32O2.CO2/c1-2-3-4-5-6-7-8-9-10-11-12-13-14-15-16(17)18;2-1-3/h2-15H2,1H3,(H,17,18);. The van der Waals surface area contributed by atoms with Gasteiger partial charge in [0, 0.05) is 6.42 Å². The summed E-state index contributed by atoms with van der Waals surface area (Å²) in [6.07, 6.45) is 17.5. The predicted molar refractivity (Wildman–Crippen MR) is 83.0 cm³/mol. The molecule has 21 heavy (non-hydrogen) atoms. The Bertz CT molecular complexity index is 245. The van der Waals surface area contributed by atoms with Crippen molar-refractivity contribution >= 4 is 12.1 Å². The van der Waals surface area contributed by atoms with Gasteiger partial charge >= 0.3 is 12.1 Å². The van der Waals surface area contributed by atoms with Crippen molar-refractivity contribution in [2.75, 3.05) is 0 Å². The summed E-state index contributed by atoms with van der Waals surface area (Å²) in [7, 11) is 0. The summed E-state index contributed by atoms with van der Waals surface area (Å²) in [5, 5.41) is 8.49. The van der Waals surface area contributed by atoms with Gasteiger partial charge in [0.2, 0.25) is 0 Å². The highest BCUT2D eigenvalue weighted by Gasteiger charge is 1.96. The number of aliphatic carboxylic acids is 1. The van der Waals surface area contributed by atoms with Gasteiger partial charge in [-0.05, 0) is 6.42 Å². The number of hydrogen-bond acceptors (Lipinski definition) is 3. The van der Waals surface area contributed by atoms with Crippen LogP contribution < -0.4 is 0 Å². The Hall–Kier alpha value is -1.15. The molecule has 0 aliphatic rings. The van der Waals surface area contributed by atoms with Gasteiger partial charge in [0.25, 0.3) is 0 Å². The van der Waals surface area contributed by atoms with Gasteiger partial charge in [0.15, 0.2) is 0 Å².